The normalized spacial score (nSPS) is 29.3. The van der Waals surface area contributed by atoms with Crippen molar-refractivity contribution in [2.75, 3.05) is 13.6 Å². The van der Waals surface area contributed by atoms with Crippen LogP contribution in [0.25, 0.3) is 0 Å². The van der Waals surface area contributed by atoms with Crippen LogP contribution >= 0.6 is 0 Å². The second-order valence-electron chi connectivity index (χ2n) is 5.90. The molecule has 4 unspecified atom stereocenters. The van der Waals surface area contributed by atoms with Gasteiger partial charge < -0.3 is 5.32 Å². The summed E-state index contributed by atoms with van der Waals surface area (Å²) in [5.41, 5.74) is 0. The first kappa shape index (κ1) is 15.0. The number of rotatable bonds is 6. The molecular formula is C15H32N2. The van der Waals surface area contributed by atoms with E-state index in [0.717, 1.165) is 18.5 Å². The van der Waals surface area contributed by atoms with Gasteiger partial charge in [-0.25, -0.2) is 0 Å². The molecule has 0 saturated heterocycles. The third-order valence-electron chi connectivity index (χ3n) is 4.62. The highest BCUT2D eigenvalue weighted by atomic mass is 15.2. The summed E-state index contributed by atoms with van der Waals surface area (Å²) < 4.78 is 0. The molecule has 1 N–H and O–H groups in total. The Morgan fingerprint density at radius 2 is 2.00 bits per heavy atom. The lowest BCUT2D eigenvalue weighted by molar-refractivity contribution is 0.103. The highest BCUT2D eigenvalue weighted by molar-refractivity contribution is 4.85. The van der Waals surface area contributed by atoms with Gasteiger partial charge in [0.1, 0.15) is 0 Å². The van der Waals surface area contributed by atoms with Crippen LogP contribution < -0.4 is 5.32 Å². The van der Waals surface area contributed by atoms with Gasteiger partial charge in [0, 0.05) is 18.1 Å². The maximum Gasteiger partial charge on any atom is 0.0220 e. The van der Waals surface area contributed by atoms with Gasteiger partial charge >= 0.3 is 0 Å². The topological polar surface area (TPSA) is 15.3 Å². The van der Waals surface area contributed by atoms with Gasteiger partial charge in [0.15, 0.2) is 0 Å². The summed E-state index contributed by atoms with van der Waals surface area (Å²) in [7, 11) is 2.33. The van der Waals surface area contributed by atoms with Crippen molar-refractivity contribution in [3.8, 4) is 0 Å². The van der Waals surface area contributed by atoms with Crippen LogP contribution in [0.4, 0.5) is 0 Å². The molecule has 2 heteroatoms. The minimum Gasteiger partial charge on any atom is -0.313 e. The molecular weight excluding hydrogens is 208 g/mol. The smallest absolute Gasteiger partial charge is 0.0220 e. The Kier molecular flexibility index (Phi) is 6.50. The van der Waals surface area contributed by atoms with Gasteiger partial charge in [-0.1, -0.05) is 33.6 Å². The summed E-state index contributed by atoms with van der Waals surface area (Å²) in [6.45, 7) is 10.4. The molecule has 1 rings (SSSR count). The van der Waals surface area contributed by atoms with E-state index in [2.05, 4.69) is 45.0 Å². The molecule has 0 spiro atoms. The van der Waals surface area contributed by atoms with E-state index in [9.17, 15) is 0 Å². The molecule has 4 atom stereocenters. The van der Waals surface area contributed by atoms with Gasteiger partial charge in [-0.15, -0.1) is 0 Å². The van der Waals surface area contributed by atoms with E-state index in [-0.39, 0.29) is 0 Å². The molecule has 17 heavy (non-hydrogen) atoms. The molecule has 0 radical (unpaired) electrons. The Balaban J connectivity index is 2.51. The SMILES string of the molecule is CCNC(CC)C(C)N(C)C1CCCC(C)C1. The van der Waals surface area contributed by atoms with Gasteiger partial charge in [0.2, 0.25) is 0 Å². The predicted molar refractivity (Wildman–Crippen MR) is 76.4 cm³/mol. The molecule has 0 amide bonds. The van der Waals surface area contributed by atoms with Gasteiger partial charge in [-0.2, -0.15) is 0 Å². The maximum absolute atomic E-state index is 3.62. The van der Waals surface area contributed by atoms with E-state index in [1.807, 2.05) is 0 Å². The van der Waals surface area contributed by atoms with E-state index < -0.39 is 0 Å². The Labute approximate surface area is 108 Å². The molecule has 1 aliphatic carbocycles. The van der Waals surface area contributed by atoms with Crippen molar-refractivity contribution in [3.63, 3.8) is 0 Å². The van der Waals surface area contributed by atoms with Crippen LogP contribution in [0.15, 0.2) is 0 Å². The Bertz CT molecular complexity index is 205. The van der Waals surface area contributed by atoms with E-state index in [1.165, 1.54) is 32.1 Å². The molecule has 2 nitrogen and oxygen atoms in total. The third kappa shape index (κ3) is 4.26. The third-order valence-corrected chi connectivity index (χ3v) is 4.62. The molecule has 0 aromatic heterocycles. The largest absolute Gasteiger partial charge is 0.313 e. The fraction of sp³-hybridized carbons (Fsp3) is 1.00. The molecule has 1 saturated carbocycles. The summed E-state index contributed by atoms with van der Waals surface area (Å²) in [6.07, 6.45) is 6.86. The minimum atomic E-state index is 0.641. The van der Waals surface area contributed by atoms with Crippen molar-refractivity contribution < 1.29 is 0 Å². The van der Waals surface area contributed by atoms with E-state index in [0.29, 0.717) is 12.1 Å². The average Bonchev–Trinajstić information content (AvgIpc) is 2.34. The van der Waals surface area contributed by atoms with Crippen LogP contribution in [0, 0.1) is 5.92 Å². The molecule has 0 aliphatic heterocycles. The van der Waals surface area contributed by atoms with Gasteiger partial charge in [0.05, 0.1) is 0 Å². The van der Waals surface area contributed by atoms with Crippen molar-refractivity contribution in [1.29, 1.82) is 0 Å². The molecule has 102 valence electrons. The van der Waals surface area contributed by atoms with Crippen LogP contribution in [0.3, 0.4) is 0 Å². The van der Waals surface area contributed by atoms with Crippen molar-refractivity contribution in [2.24, 2.45) is 5.92 Å². The van der Waals surface area contributed by atoms with Crippen molar-refractivity contribution >= 4 is 0 Å². The zero-order valence-electron chi connectivity index (χ0n) is 12.5. The number of nitrogens with zero attached hydrogens (tertiary/aromatic N) is 1. The standard InChI is InChI=1S/C15H32N2/c1-6-15(16-7-2)13(4)17(5)14-10-8-9-12(3)11-14/h12-16H,6-11H2,1-5H3. The first-order chi connectivity index (χ1) is 8.10. The summed E-state index contributed by atoms with van der Waals surface area (Å²) in [5.74, 6) is 0.919. The molecule has 0 heterocycles. The average molecular weight is 240 g/mol. The van der Waals surface area contributed by atoms with Crippen LogP contribution in [0.2, 0.25) is 0 Å². The van der Waals surface area contributed by atoms with Crippen molar-refractivity contribution in [1.82, 2.24) is 10.2 Å². The lowest BCUT2D eigenvalue weighted by Crippen LogP contribution is -2.51. The van der Waals surface area contributed by atoms with Gasteiger partial charge in [-0.05, 0) is 45.7 Å². The van der Waals surface area contributed by atoms with Gasteiger partial charge in [-0.3, -0.25) is 4.90 Å². The summed E-state index contributed by atoms with van der Waals surface area (Å²) in [4.78, 5) is 2.63. The van der Waals surface area contributed by atoms with Crippen LogP contribution in [0.1, 0.15) is 59.8 Å². The van der Waals surface area contributed by atoms with Crippen LogP contribution in [-0.2, 0) is 0 Å². The lowest BCUT2D eigenvalue weighted by atomic mass is 9.85. The Hall–Kier alpha value is -0.0800. The molecule has 1 aliphatic rings. The van der Waals surface area contributed by atoms with E-state index in [4.69, 9.17) is 0 Å². The number of hydrogen-bond acceptors (Lipinski definition) is 2. The Morgan fingerprint density at radius 1 is 1.29 bits per heavy atom. The monoisotopic (exact) mass is 240 g/mol. The van der Waals surface area contributed by atoms with Gasteiger partial charge in [0.25, 0.3) is 0 Å². The van der Waals surface area contributed by atoms with Crippen LogP contribution in [-0.4, -0.2) is 36.6 Å². The predicted octanol–water partition coefficient (Wildman–Crippen LogP) is 3.27. The summed E-state index contributed by atoms with van der Waals surface area (Å²) >= 11 is 0. The van der Waals surface area contributed by atoms with E-state index >= 15 is 0 Å². The highest BCUT2D eigenvalue weighted by Gasteiger charge is 2.28. The van der Waals surface area contributed by atoms with Crippen molar-refractivity contribution in [2.45, 2.75) is 77.9 Å². The second-order valence-corrected chi connectivity index (χ2v) is 5.90. The fourth-order valence-corrected chi connectivity index (χ4v) is 3.31. The summed E-state index contributed by atoms with van der Waals surface area (Å²) in [6, 6.07) is 2.10. The molecule has 1 fully saturated rings. The quantitative estimate of drug-likeness (QED) is 0.766. The molecule has 0 bridgehead atoms. The zero-order valence-corrected chi connectivity index (χ0v) is 12.5. The Morgan fingerprint density at radius 3 is 2.53 bits per heavy atom. The first-order valence-corrected chi connectivity index (χ1v) is 7.55. The molecule has 0 aromatic rings. The number of hydrogen-bond donors (Lipinski definition) is 1. The number of nitrogens with one attached hydrogen (secondary N) is 1. The highest BCUT2D eigenvalue weighted by Crippen LogP contribution is 2.28. The van der Waals surface area contributed by atoms with Crippen molar-refractivity contribution in [3.05, 3.63) is 0 Å². The molecule has 0 aromatic carbocycles. The second kappa shape index (κ2) is 7.38. The fourth-order valence-electron chi connectivity index (χ4n) is 3.31. The van der Waals surface area contributed by atoms with E-state index in [1.54, 1.807) is 0 Å². The summed E-state index contributed by atoms with van der Waals surface area (Å²) in [5, 5.41) is 3.62. The maximum atomic E-state index is 3.62. The number of likely N-dealkylation sites (N-methyl/N-ethyl adjacent to an activating group) is 2. The zero-order chi connectivity index (χ0) is 12.8. The van der Waals surface area contributed by atoms with Crippen LogP contribution in [0.5, 0.6) is 0 Å². The minimum absolute atomic E-state index is 0.641. The first-order valence-electron chi connectivity index (χ1n) is 7.55. The lowest BCUT2D eigenvalue weighted by Gasteiger charge is -2.40.